The summed E-state index contributed by atoms with van der Waals surface area (Å²) in [6, 6.07) is 20.7. The van der Waals surface area contributed by atoms with E-state index in [4.69, 9.17) is 12.2 Å². The summed E-state index contributed by atoms with van der Waals surface area (Å²) in [6.45, 7) is 1.98. The van der Waals surface area contributed by atoms with Crippen molar-refractivity contribution in [2.45, 2.75) is 6.42 Å². The van der Waals surface area contributed by atoms with Crippen molar-refractivity contribution in [1.29, 1.82) is 0 Å². The molecule has 2 aromatic rings. The maximum absolute atomic E-state index is 5.66. The number of nitrogens with zero attached hydrogens (tertiary/aromatic N) is 2. The largest absolute Gasteiger partial charge is 0.319 e. The minimum absolute atomic E-state index is 0.892. The fraction of sp³-hybridized carbons (Fsp3) is 0.188. The number of thiocarbonyl (C=S) groups is 1. The van der Waals surface area contributed by atoms with Gasteiger partial charge in [0.25, 0.3) is 0 Å². The SMILES string of the molecule is S=C1N(c2ccccc2)CCCN1c1ccccc1. The molecule has 3 rings (SSSR count). The standard InChI is InChI=1S/C16H16N2S/c19-16-17(14-8-3-1-4-9-14)12-7-13-18(16)15-10-5-2-6-11-15/h1-6,8-11H,7,12-13H2. The van der Waals surface area contributed by atoms with Gasteiger partial charge in [0.05, 0.1) is 0 Å². The van der Waals surface area contributed by atoms with Gasteiger partial charge in [-0.2, -0.15) is 0 Å². The van der Waals surface area contributed by atoms with Crippen molar-refractivity contribution in [3.8, 4) is 0 Å². The van der Waals surface area contributed by atoms with Crippen molar-refractivity contribution < 1.29 is 0 Å². The van der Waals surface area contributed by atoms with E-state index in [2.05, 4.69) is 58.3 Å². The number of rotatable bonds is 2. The summed E-state index contributed by atoms with van der Waals surface area (Å²) >= 11 is 5.66. The lowest BCUT2D eigenvalue weighted by atomic mass is 10.2. The van der Waals surface area contributed by atoms with Crippen LogP contribution in [0, 0.1) is 0 Å². The molecule has 19 heavy (non-hydrogen) atoms. The van der Waals surface area contributed by atoms with E-state index in [9.17, 15) is 0 Å². The van der Waals surface area contributed by atoms with E-state index in [0.29, 0.717) is 0 Å². The lowest BCUT2D eigenvalue weighted by Crippen LogP contribution is -2.49. The van der Waals surface area contributed by atoms with Crippen LogP contribution in [0.2, 0.25) is 0 Å². The van der Waals surface area contributed by atoms with E-state index in [1.807, 2.05) is 12.1 Å². The summed E-state index contributed by atoms with van der Waals surface area (Å²) in [5.74, 6) is 0. The van der Waals surface area contributed by atoms with Gasteiger partial charge in [-0.3, -0.25) is 0 Å². The zero-order chi connectivity index (χ0) is 13.1. The predicted molar refractivity (Wildman–Crippen MR) is 84.8 cm³/mol. The van der Waals surface area contributed by atoms with Gasteiger partial charge in [0, 0.05) is 24.5 Å². The van der Waals surface area contributed by atoms with Crippen LogP contribution in [0.5, 0.6) is 0 Å². The minimum Gasteiger partial charge on any atom is -0.319 e. The molecular weight excluding hydrogens is 252 g/mol. The van der Waals surface area contributed by atoms with Crippen molar-refractivity contribution in [2.75, 3.05) is 22.9 Å². The molecule has 1 aliphatic heterocycles. The van der Waals surface area contributed by atoms with Crippen LogP contribution in [0.3, 0.4) is 0 Å². The number of anilines is 2. The first-order valence-electron chi connectivity index (χ1n) is 6.55. The van der Waals surface area contributed by atoms with Crippen LogP contribution < -0.4 is 9.80 Å². The maximum Gasteiger partial charge on any atom is 0.180 e. The second-order valence-electron chi connectivity index (χ2n) is 4.61. The highest BCUT2D eigenvalue weighted by atomic mass is 32.1. The maximum atomic E-state index is 5.66. The molecule has 0 bridgehead atoms. The van der Waals surface area contributed by atoms with Crippen LogP contribution in [0.15, 0.2) is 60.7 Å². The Bertz CT molecular complexity index is 504. The second-order valence-corrected chi connectivity index (χ2v) is 4.98. The van der Waals surface area contributed by atoms with Crippen molar-refractivity contribution in [3.05, 3.63) is 60.7 Å². The minimum atomic E-state index is 0.892. The molecule has 0 N–H and O–H groups in total. The highest BCUT2D eigenvalue weighted by molar-refractivity contribution is 7.80. The van der Waals surface area contributed by atoms with E-state index in [0.717, 1.165) is 24.6 Å². The smallest absolute Gasteiger partial charge is 0.180 e. The summed E-state index contributed by atoms with van der Waals surface area (Å²) in [6.07, 6.45) is 1.12. The second kappa shape index (κ2) is 5.41. The fourth-order valence-corrected chi connectivity index (χ4v) is 2.81. The van der Waals surface area contributed by atoms with Gasteiger partial charge in [0.15, 0.2) is 5.11 Å². The average molecular weight is 268 g/mol. The molecule has 3 heteroatoms. The van der Waals surface area contributed by atoms with Gasteiger partial charge in [-0.1, -0.05) is 36.4 Å². The molecule has 0 radical (unpaired) electrons. The van der Waals surface area contributed by atoms with Crippen molar-refractivity contribution >= 4 is 28.7 Å². The van der Waals surface area contributed by atoms with Gasteiger partial charge in [-0.25, -0.2) is 0 Å². The Hall–Kier alpha value is -1.87. The number of hydrogen-bond donors (Lipinski definition) is 0. The molecule has 0 aliphatic carbocycles. The van der Waals surface area contributed by atoms with Crippen LogP contribution in [0.25, 0.3) is 0 Å². The molecule has 0 unspecified atom stereocenters. The van der Waals surface area contributed by atoms with Crippen LogP contribution in [-0.2, 0) is 0 Å². The number of para-hydroxylation sites is 2. The van der Waals surface area contributed by atoms with Gasteiger partial charge in [-0.05, 0) is 42.9 Å². The summed E-state index contributed by atoms with van der Waals surface area (Å²) in [4.78, 5) is 4.43. The van der Waals surface area contributed by atoms with Crippen molar-refractivity contribution in [1.82, 2.24) is 0 Å². The van der Waals surface area contributed by atoms with Gasteiger partial charge in [0.2, 0.25) is 0 Å². The summed E-state index contributed by atoms with van der Waals surface area (Å²) in [7, 11) is 0. The first kappa shape index (κ1) is 12.2. The van der Waals surface area contributed by atoms with Crippen molar-refractivity contribution in [2.24, 2.45) is 0 Å². The van der Waals surface area contributed by atoms with E-state index < -0.39 is 0 Å². The van der Waals surface area contributed by atoms with Crippen LogP contribution in [0.4, 0.5) is 11.4 Å². The monoisotopic (exact) mass is 268 g/mol. The molecule has 0 saturated carbocycles. The molecule has 2 nitrogen and oxygen atoms in total. The molecule has 2 aromatic carbocycles. The third kappa shape index (κ3) is 2.47. The van der Waals surface area contributed by atoms with Crippen molar-refractivity contribution in [3.63, 3.8) is 0 Å². The van der Waals surface area contributed by atoms with Crippen LogP contribution >= 0.6 is 12.2 Å². The Labute approximate surface area is 119 Å². The Balaban J connectivity index is 1.88. The topological polar surface area (TPSA) is 6.48 Å². The van der Waals surface area contributed by atoms with Gasteiger partial charge >= 0.3 is 0 Å². The molecule has 96 valence electrons. The predicted octanol–water partition coefficient (Wildman–Crippen LogP) is 3.69. The Morgan fingerprint density at radius 3 is 1.53 bits per heavy atom. The average Bonchev–Trinajstić information content (AvgIpc) is 2.49. The summed E-state index contributed by atoms with van der Waals surface area (Å²) in [5.41, 5.74) is 2.35. The lowest BCUT2D eigenvalue weighted by molar-refractivity contribution is 0.769. The molecule has 0 aromatic heterocycles. The Kier molecular flexibility index (Phi) is 3.47. The summed E-state index contributed by atoms with van der Waals surface area (Å²) < 4.78 is 0. The Morgan fingerprint density at radius 1 is 0.684 bits per heavy atom. The van der Waals surface area contributed by atoms with Gasteiger partial charge < -0.3 is 9.80 Å². The van der Waals surface area contributed by atoms with Crippen LogP contribution in [-0.4, -0.2) is 18.2 Å². The molecule has 0 spiro atoms. The molecule has 1 fully saturated rings. The zero-order valence-corrected chi connectivity index (χ0v) is 11.5. The fourth-order valence-electron chi connectivity index (χ4n) is 2.42. The Morgan fingerprint density at radius 2 is 1.11 bits per heavy atom. The molecule has 1 heterocycles. The first-order chi connectivity index (χ1) is 9.36. The van der Waals surface area contributed by atoms with Crippen LogP contribution in [0.1, 0.15) is 6.42 Å². The number of benzene rings is 2. The molecular formula is C16H16N2S. The first-order valence-corrected chi connectivity index (χ1v) is 6.96. The quantitative estimate of drug-likeness (QED) is 0.767. The highest BCUT2D eigenvalue weighted by Crippen LogP contribution is 2.24. The van der Waals surface area contributed by atoms with E-state index in [1.165, 1.54) is 11.4 Å². The van der Waals surface area contributed by atoms with E-state index >= 15 is 0 Å². The molecule has 1 saturated heterocycles. The third-order valence-electron chi connectivity index (χ3n) is 3.36. The third-order valence-corrected chi connectivity index (χ3v) is 3.80. The molecule has 1 aliphatic rings. The number of hydrogen-bond acceptors (Lipinski definition) is 1. The molecule has 0 amide bonds. The zero-order valence-electron chi connectivity index (χ0n) is 10.7. The molecule has 0 atom stereocenters. The highest BCUT2D eigenvalue weighted by Gasteiger charge is 2.23. The summed E-state index contributed by atoms with van der Waals surface area (Å²) in [5, 5.41) is 0.892. The van der Waals surface area contributed by atoms with Gasteiger partial charge in [-0.15, -0.1) is 0 Å². The van der Waals surface area contributed by atoms with E-state index in [-0.39, 0.29) is 0 Å². The van der Waals surface area contributed by atoms with E-state index in [1.54, 1.807) is 0 Å². The van der Waals surface area contributed by atoms with Gasteiger partial charge in [0.1, 0.15) is 0 Å². The normalized spacial score (nSPS) is 15.7. The lowest BCUT2D eigenvalue weighted by Gasteiger charge is -2.38.